The number of allylic oxidation sites excluding steroid dienone is 1. The summed E-state index contributed by atoms with van der Waals surface area (Å²) in [6.45, 7) is 1.62. The van der Waals surface area contributed by atoms with E-state index in [4.69, 9.17) is 9.47 Å². The molecule has 2 heterocycles. The largest absolute Gasteiger partial charge is 0.497 e. The van der Waals surface area contributed by atoms with Gasteiger partial charge >= 0.3 is 5.97 Å². The molecule has 1 atom stereocenters. The molecule has 1 unspecified atom stereocenters. The summed E-state index contributed by atoms with van der Waals surface area (Å²) in [7, 11) is 2.78. The van der Waals surface area contributed by atoms with E-state index in [0.717, 1.165) is 16.9 Å². The van der Waals surface area contributed by atoms with Gasteiger partial charge in [0, 0.05) is 6.07 Å². The zero-order chi connectivity index (χ0) is 23.7. The number of nitro groups is 1. The number of carbonyl (C=O) groups excluding carboxylic acids is 1. The van der Waals surface area contributed by atoms with E-state index < -0.39 is 22.5 Å². The summed E-state index contributed by atoms with van der Waals surface area (Å²) >= 11 is 1.15. The summed E-state index contributed by atoms with van der Waals surface area (Å²) in [4.78, 5) is 42.2. The lowest BCUT2D eigenvalue weighted by atomic mass is 9.94. The number of fused-ring (bicyclic) bond motifs is 1. The van der Waals surface area contributed by atoms with Crippen LogP contribution in [0, 0.1) is 10.1 Å². The highest BCUT2D eigenvalue weighted by Crippen LogP contribution is 2.35. The van der Waals surface area contributed by atoms with Gasteiger partial charge in [-0.3, -0.25) is 19.5 Å². The van der Waals surface area contributed by atoms with Gasteiger partial charge in [-0.15, -0.1) is 0 Å². The molecule has 4 rings (SSSR count). The summed E-state index contributed by atoms with van der Waals surface area (Å²) in [5.41, 5.74) is 0.772. The molecule has 1 aliphatic rings. The molecule has 0 spiro atoms. The van der Waals surface area contributed by atoms with Gasteiger partial charge in [-0.2, -0.15) is 0 Å². The van der Waals surface area contributed by atoms with E-state index in [1.165, 1.54) is 29.9 Å². The average molecular weight is 465 g/mol. The van der Waals surface area contributed by atoms with Crippen molar-refractivity contribution in [1.29, 1.82) is 0 Å². The number of nitrogens with zero attached hydrogens (tertiary/aromatic N) is 3. The van der Waals surface area contributed by atoms with E-state index in [-0.39, 0.29) is 16.8 Å². The van der Waals surface area contributed by atoms with Gasteiger partial charge in [0.15, 0.2) is 4.80 Å². The highest BCUT2D eigenvalue weighted by atomic mass is 32.1. The van der Waals surface area contributed by atoms with E-state index in [9.17, 15) is 19.7 Å². The number of thiazole rings is 1. The quantitative estimate of drug-likeness (QED) is 0.325. The van der Waals surface area contributed by atoms with E-state index in [2.05, 4.69) is 4.99 Å². The zero-order valence-corrected chi connectivity index (χ0v) is 18.8. The van der Waals surface area contributed by atoms with E-state index in [0.29, 0.717) is 20.8 Å². The number of benzene rings is 2. The molecular weight excluding hydrogens is 446 g/mol. The predicted molar refractivity (Wildman–Crippen MR) is 122 cm³/mol. The Morgan fingerprint density at radius 3 is 2.52 bits per heavy atom. The lowest BCUT2D eigenvalue weighted by Crippen LogP contribution is -2.40. The van der Waals surface area contributed by atoms with Gasteiger partial charge in [0.25, 0.3) is 11.2 Å². The second-order valence-corrected chi connectivity index (χ2v) is 8.17. The van der Waals surface area contributed by atoms with Crippen molar-refractivity contribution in [3.63, 3.8) is 0 Å². The number of aromatic nitrogens is 1. The van der Waals surface area contributed by atoms with Crippen LogP contribution in [0.1, 0.15) is 24.1 Å². The fraction of sp³-hybridized carbons (Fsp3) is 0.174. The number of hydrogen-bond acceptors (Lipinski definition) is 8. The maximum atomic E-state index is 13.5. The Balaban J connectivity index is 1.99. The minimum atomic E-state index is -1.05. The van der Waals surface area contributed by atoms with Crippen LogP contribution < -0.4 is 19.6 Å². The van der Waals surface area contributed by atoms with Crippen molar-refractivity contribution < 1.29 is 19.2 Å². The van der Waals surface area contributed by atoms with Crippen LogP contribution in [0.3, 0.4) is 0 Å². The Labute approximate surface area is 191 Å². The fourth-order valence-electron chi connectivity index (χ4n) is 3.72. The van der Waals surface area contributed by atoms with Crippen molar-refractivity contribution in [3.05, 3.63) is 101 Å². The van der Waals surface area contributed by atoms with Crippen molar-refractivity contribution in [2.45, 2.75) is 13.0 Å². The third kappa shape index (κ3) is 3.96. The van der Waals surface area contributed by atoms with Crippen LogP contribution >= 0.6 is 11.3 Å². The van der Waals surface area contributed by atoms with Gasteiger partial charge < -0.3 is 9.47 Å². The van der Waals surface area contributed by atoms with Crippen molar-refractivity contribution >= 4 is 29.1 Å². The molecule has 0 aliphatic carbocycles. The van der Waals surface area contributed by atoms with E-state index >= 15 is 0 Å². The fourth-order valence-corrected chi connectivity index (χ4v) is 4.77. The molecule has 2 aromatic carbocycles. The molecule has 10 heteroatoms. The van der Waals surface area contributed by atoms with Crippen molar-refractivity contribution in [2.24, 2.45) is 4.99 Å². The molecule has 0 saturated heterocycles. The molecule has 33 heavy (non-hydrogen) atoms. The summed E-state index contributed by atoms with van der Waals surface area (Å²) in [6, 6.07) is 12.1. The topological polar surface area (TPSA) is 113 Å². The van der Waals surface area contributed by atoms with Crippen LogP contribution in [0.25, 0.3) is 6.08 Å². The van der Waals surface area contributed by atoms with E-state index in [1.807, 2.05) is 12.1 Å². The number of carbonyl (C=O) groups is 1. The zero-order valence-electron chi connectivity index (χ0n) is 18.0. The number of esters is 1. The molecule has 0 amide bonds. The first-order chi connectivity index (χ1) is 15.8. The first-order valence-corrected chi connectivity index (χ1v) is 10.7. The molecule has 1 aromatic heterocycles. The molecule has 0 bridgehead atoms. The Hall–Kier alpha value is -4.05. The van der Waals surface area contributed by atoms with Crippen LogP contribution in [0.4, 0.5) is 5.69 Å². The van der Waals surface area contributed by atoms with Crippen LogP contribution in [-0.2, 0) is 9.53 Å². The number of hydrogen-bond donors (Lipinski definition) is 0. The highest BCUT2D eigenvalue weighted by Gasteiger charge is 2.36. The monoisotopic (exact) mass is 465 g/mol. The smallest absolute Gasteiger partial charge is 0.338 e. The number of nitro benzene ring substituents is 1. The summed E-state index contributed by atoms with van der Waals surface area (Å²) in [5.74, 6) is -0.0211. The molecule has 0 saturated carbocycles. The Morgan fingerprint density at radius 2 is 1.88 bits per heavy atom. The second kappa shape index (κ2) is 8.83. The van der Waals surface area contributed by atoms with Gasteiger partial charge in [0.2, 0.25) is 0 Å². The standard InChI is InChI=1S/C23H19N3O6S/c1-13-19(22(28)32-3)20(16-6-4-5-7-17(16)26(29)30)25-21(27)18(33-23(25)24-13)12-14-8-10-15(31-2)11-9-14/h4-12,20H,1-3H3. The minimum absolute atomic E-state index is 0.0789. The van der Waals surface area contributed by atoms with Crippen molar-refractivity contribution in [3.8, 4) is 5.75 Å². The number of rotatable bonds is 5. The molecule has 1 aliphatic heterocycles. The normalized spacial score (nSPS) is 15.6. The third-order valence-electron chi connectivity index (χ3n) is 5.27. The SMILES string of the molecule is COC(=O)C1=C(C)N=c2sc(=Cc3ccc(OC)cc3)c(=O)n2C1c1ccccc1[N+](=O)[O-]. The summed E-state index contributed by atoms with van der Waals surface area (Å²) in [5, 5.41) is 11.7. The molecule has 0 radical (unpaired) electrons. The predicted octanol–water partition coefficient (Wildman–Crippen LogP) is 2.33. The maximum absolute atomic E-state index is 13.5. The summed E-state index contributed by atoms with van der Waals surface area (Å²) < 4.78 is 11.8. The van der Waals surface area contributed by atoms with Crippen LogP contribution in [0.2, 0.25) is 0 Å². The van der Waals surface area contributed by atoms with Crippen molar-refractivity contribution in [1.82, 2.24) is 4.57 Å². The Kier molecular flexibility index (Phi) is 5.93. The third-order valence-corrected chi connectivity index (χ3v) is 6.25. The van der Waals surface area contributed by atoms with Gasteiger partial charge in [0.05, 0.1) is 40.5 Å². The molecule has 9 nitrogen and oxygen atoms in total. The molecule has 0 fully saturated rings. The first-order valence-electron chi connectivity index (χ1n) is 9.84. The number of ether oxygens (including phenoxy) is 2. The molecule has 0 N–H and O–H groups in total. The number of para-hydroxylation sites is 1. The van der Waals surface area contributed by atoms with Gasteiger partial charge in [0.1, 0.15) is 11.8 Å². The number of methoxy groups -OCH3 is 2. The van der Waals surface area contributed by atoms with Gasteiger partial charge in [-0.05, 0) is 36.8 Å². The van der Waals surface area contributed by atoms with Crippen molar-refractivity contribution in [2.75, 3.05) is 14.2 Å². The van der Waals surface area contributed by atoms with Gasteiger partial charge in [-0.1, -0.05) is 35.6 Å². The molecule has 3 aromatic rings. The average Bonchev–Trinajstić information content (AvgIpc) is 3.12. The lowest BCUT2D eigenvalue weighted by Gasteiger charge is -2.24. The van der Waals surface area contributed by atoms with Crippen LogP contribution in [-0.4, -0.2) is 29.7 Å². The summed E-state index contributed by atoms with van der Waals surface area (Å²) in [6.07, 6.45) is 1.71. The molecular formula is C23H19N3O6S. The first kappa shape index (κ1) is 22.2. The van der Waals surface area contributed by atoms with Crippen LogP contribution in [0.5, 0.6) is 5.75 Å². The Bertz CT molecular complexity index is 1470. The van der Waals surface area contributed by atoms with E-state index in [1.54, 1.807) is 38.3 Å². The maximum Gasteiger partial charge on any atom is 0.338 e. The van der Waals surface area contributed by atoms with Gasteiger partial charge in [-0.25, -0.2) is 9.79 Å². The Morgan fingerprint density at radius 1 is 1.18 bits per heavy atom. The second-order valence-electron chi connectivity index (χ2n) is 7.16. The lowest BCUT2D eigenvalue weighted by molar-refractivity contribution is -0.385. The van der Waals surface area contributed by atoms with Crippen LogP contribution in [0.15, 0.2) is 69.6 Å². The minimum Gasteiger partial charge on any atom is -0.497 e. The highest BCUT2D eigenvalue weighted by molar-refractivity contribution is 7.07. The molecule has 168 valence electrons.